The highest BCUT2D eigenvalue weighted by Gasteiger charge is 2.18. The van der Waals surface area contributed by atoms with Gasteiger partial charge < -0.3 is 4.57 Å². The average Bonchev–Trinajstić information content (AvgIpc) is 3.01. The lowest BCUT2D eigenvalue weighted by Crippen LogP contribution is -2.14. The minimum Gasteiger partial charge on any atom is -0.317 e. The van der Waals surface area contributed by atoms with Crippen LogP contribution >= 0.6 is 0 Å². The fourth-order valence-corrected chi connectivity index (χ4v) is 3.64. The van der Waals surface area contributed by atoms with E-state index in [0.717, 1.165) is 17.0 Å². The van der Waals surface area contributed by atoms with Gasteiger partial charge in [0.2, 0.25) is 0 Å². The van der Waals surface area contributed by atoms with Crippen molar-refractivity contribution in [1.82, 2.24) is 14.8 Å². The van der Waals surface area contributed by atoms with Crippen LogP contribution in [0.5, 0.6) is 0 Å². The molecule has 0 aliphatic rings. The summed E-state index contributed by atoms with van der Waals surface area (Å²) in [5.74, 6) is 0.720. The maximum absolute atomic E-state index is 12.6. The first-order valence-electron chi connectivity index (χ1n) is 8.25. The average molecular weight is 370 g/mol. The van der Waals surface area contributed by atoms with Gasteiger partial charge in [0.25, 0.3) is 10.0 Å². The zero-order valence-corrected chi connectivity index (χ0v) is 16.1. The number of aryl methyl sites for hydroxylation is 1. The smallest absolute Gasteiger partial charge is 0.261 e. The Labute approximate surface area is 154 Å². The summed E-state index contributed by atoms with van der Waals surface area (Å²) in [4.78, 5) is 0.239. The maximum atomic E-state index is 12.6. The minimum absolute atomic E-state index is 0.0224. The molecule has 0 atom stereocenters. The second kappa shape index (κ2) is 6.57. The fraction of sp³-hybridized carbons (Fsp3) is 0.263. The molecule has 0 saturated carbocycles. The van der Waals surface area contributed by atoms with Crippen LogP contribution in [0.15, 0.2) is 59.8 Å². The Balaban J connectivity index is 1.80. The van der Waals surface area contributed by atoms with Gasteiger partial charge in [0, 0.05) is 18.3 Å². The van der Waals surface area contributed by atoms with Gasteiger partial charge >= 0.3 is 0 Å². The van der Waals surface area contributed by atoms with E-state index in [9.17, 15) is 8.42 Å². The molecule has 26 heavy (non-hydrogen) atoms. The number of anilines is 1. The fourth-order valence-electron chi connectivity index (χ4n) is 2.58. The van der Waals surface area contributed by atoms with Crippen molar-refractivity contribution in [2.24, 2.45) is 7.05 Å². The van der Waals surface area contributed by atoms with Crippen LogP contribution in [0.25, 0.3) is 11.4 Å². The van der Waals surface area contributed by atoms with Gasteiger partial charge in [0.05, 0.1) is 4.90 Å². The molecule has 0 aliphatic heterocycles. The van der Waals surface area contributed by atoms with Crippen molar-refractivity contribution < 1.29 is 8.42 Å². The number of rotatable bonds is 4. The third-order valence-corrected chi connectivity index (χ3v) is 5.53. The van der Waals surface area contributed by atoms with E-state index >= 15 is 0 Å². The second-order valence-electron chi connectivity index (χ2n) is 7.22. The Morgan fingerprint density at radius 1 is 0.962 bits per heavy atom. The van der Waals surface area contributed by atoms with Gasteiger partial charge in [0.15, 0.2) is 5.82 Å². The molecule has 3 rings (SSSR count). The van der Waals surface area contributed by atoms with Crippen molar-refractivity contribution >= 4 is 15.7 Å². The number of aromatic nitrogens is 3. The summed E-state index contributed by atoms with van der Waals surface area (Å²) in [5.41, 5.74) is 2.42. The van der Waals surface area contributed by atoms with Gasteiger partial charge in [-0.05, 0) is 47.4 Å². The molecular weight excluding hydrogens is 348 g/mol. The lowest BCUT2D eigenvalue weighted by molar-refractivity contribution is 0.587. The van der Waals surface area contributed by atoms with E-state index in [1.165, 1.54) is 0 Å². The molecule has 0 aliphatic carbocycles. The molecule has 1 aromatic heterocycles. The van der Waals surface area contributed by atoms with Crippen molar-refractivity contribution in [1.29, 1.82) is 0 Å². The molecule has 0 radical (unpaired) electrons. The Hall–Kier alpha value is -2.67. The Bertz CT molecular complexity index is 999. The van der Waals surface area contributed by atoms with Crippen LogP contribution in [0.3, 0.4) is 0 Å². The molecular formula is C19H22N4O2S. The predicted octanol–water partition coefficient (Wildman–Crippen LogP) is 3.58. The van der Waals surface area contributed by atoms with E-state index in [-0.39, 0.29) is 10.3 Å². The van der Waals surface area contributed by atoms with E-state index in [0.29, 0.717) is 5.69 Å². The summed E-state index contributed by atoms with van der Waals surface area (Å²) in [6, 6.07) is 14.0. The van der Waals surface area contributed by atoms with Crippen LogP contribution in [0.2, 0.25) is 0 Å². The van der Waals surface area contributed by atoms with Crippen LogP contribution < -0.4 is 4.72 Å². The van der Waals surface area contributed by atoms with Gasteiger partial charge in [-0.3, -0.25) is 4.72 Å². The van der Waals surface area contributed by atoms with Crippen LogP contribution in [0.4, 0.5) is 5.69 Å². The first-order chi connectivity index (χ1) is 12.2. The summed E-state index contributed by atoms with van der Waals surface area (Å²) in [7, 11) is -1.78. The van der Waals surface area contributed by atoms with Gasteiger partial charge in [-0.1, -0.05) is 32.9 Å². The summed E-state index contributed by atoms with van der Waals surface area (Å²) in [6.45, 7) is 6.27. The van der Waals surface area contributed by atoms with E-state index in [1.807, 2.05) is 31.3 Å². The molecule has 0 amide bonds. The SMILES string of the molecule is Cn1cnnc1-c1ccc(NS(=O)(=O)c2ccc(C(C)(C)C)cc2)cc1. The van der Waals surface area contributed by atoms with Crippen molar-refractivity contribution in [2.75, 3.05) is 4.72 Å². The lowest BCUT2D eigenvalue weighted by atomic mass is 9.87. The van der Waals surface area contributed by atoms with Crippen LogP contribution in [-0.4, -0.2) is 23.2 Å². The van der Waals surface area contributed by atoms with Crippen molar-refractivity contribution in [3.63, 3.8) is 0 Å². The predicted molar refractivity (Wildman–Crippen MR) is 102 cm³/mol. The molecule has 2 aromatic carbocycles. The largest absolute Gasteiger partial charge is 0.317 e. The van der Waals surface area contributed by atoms with Crippen molar-refractivity contribution in [2.45, 2.75) is 31.1 Å². The van der Waals surface area contributed by atoms with Crippen molar-refractivity contribution in [3.05, 3.63) is 60.4 Å². The molecule has 0 unspecified atom stereocenters. The first kappa shape index (κ1) is 18.1. The molecule has 0 saturated heterocycles. The molecule has 1 heterocycles. The molecule has 6 nitrogen and oxygen atoms in total. The number of hydrogen-bond acceptors (Lipinski definition) is 4. The topological polar surface area (TPSA) is 76.9 Å². The standard InChI is InChI=1S/C19H22N4O2S/c1-19(2,3)15-7-11-17(12-8-15)26(24,25)22-16-9-5-14(6-10-16)18-21-20-13-23(18)4/h5-13,22H,1-4H3. The van der Waals surface area contributed by atoms with Gasteiger partial charge in [-0.2, -0.15) is 0 Å². The van der Waals surface area contributed by atoms with Crippen LogP contribution in [0, 0.1) is 0 Å². The van der Waals surface area contributed by atoms with Crippen LogP contribution in [0.1, 0.15) is 26.3 Å². The third kappa shape index (κ3) is 3.77. The Kier molecular flexibility index (Phi) is 4.58. The maximum Gasteiger partial charge on any atom is 0.261 e. The number of sulfonamides is 1. The highest BCUT2D eigenvalue weighted by molar-refractivity contribution is 7.92. The number of nitrogens with one attached hydrogen (secondary N) is 1. The summed E-state index contributed by atoms with van der Waals surface area (Å²) in [6.07, 6.45) is 1.62. The molecule has 7 heteroatoms. The highest BCUT2D eigenvalue weighted by Crippen LogP contribution is 2.25. The quantitative estimate of drug-likeness (QED) is 0.761. The zero-order chi connectivity index (χ0) is 18.9. The lowest BCUT2D eigenvalue weighted by Gasteiger charge is -2.19. The summed E-state index contributed by atoms with van der Waals surface area (Å²) < 4.78 is 29.6. The van der Waals surface area contributed by atoms with Crippen LogP contribution in [-0.2, 0) is 22.5 Å². The molecule has 0 bridgehead atoms. The Morgan fingerprint density at radius 2 is 1.58 bits per heavy atom. The highest BCUT2D eigenvalue weighted by atomic mass is 32.2. The monoisotopic (exact) mass is 370 g/mol. The second-order valence-corrected chi connectivity index (χ2v) is 8.91. The van der Waals surface area contributed by atoms with Gasteiger partial charge in [-0.25, -0.2) is 8.42 Å². The molecule has 1 N–H and O–H groups in total. The van der Waals surface area contributed by atoms with E-state index < -0.39 is 10.0 Å². The van der Waals surface area contributed by atoms with Gasteiger partial charge in [0.1, 0.15) is 6.33 Å². The van der Waals surface area contributed by atoms with E-state index in [4.69, 9.17) is 0 Å². The summed E-state index contributed by atoms with van der Waals surface area (Å²) >= 11 is 0. The van der Waals surface area contributed by atoms with Gasteiger partial charge in [-0.15, -0.1) is 10.2 Å². The number of benzene rings is 2. The first-order valence-corrected chi connectivity index (χ1v) is 9.73. The zero-order valence-electron chi connectivity index (χ0n) is 15.3. The minimum atomic E-state index is -3.63. The van der Waals surface area contributed by atoms with E-state index in [1.54, 1.807) is 35.2 Å². The third-order valence-electron chi connectivity index (χ3n) is 4.14. The molecule has 0 fully saturated rings. The summed E-state index contributed by atoms with van der Waals surface area (Å²) in [5, 5.41) is 7.89. The van der Waals surface area contributed by atoms with E-state index in [2.05, 4.69) is 35.7 Å². The molecule has 3 aromatic rings. The Morgan fingerprint density at radius 3 is 2.08 bits per heavy atom. The normalized spacial score (nSPS) is 12.2. The number of nitrogens with zero attached hydrogens (tertiary/aromatic N) is 3. The van der Waals surface area contributed by atoms with Crippen molar-refractivity contribution in [3.8, 4) is 11.4 Å². The number of hydrogen-bond donors (Lipinski definition) is 1. The molecule has 0 spiro atoms. The molecule has 136 valence electrons.